The molecule has 1 aliphatic heterocycles. The van der Waals surface area contributed by atoms with Crippen molar-refractivity contribution < 1.29 is 23.3 Å². The molecular weight excluding hydrogens is 489 g/mol. The van der Waals surface area contributed by atoms with E-state index in [4.69, 9.17) is 30.5 Å². The number of hydrogen-bond acceptors (Lipinski definition) is 5. The third-order valence-electron chi connectivity index (χ3n) is 4.63. The van der Waals surface area contributed by atoms with Crippen molar-refractivity contribution in [2.24, 2.45) is 0 Å². The van der Waals surface area contributed by atoms with E-state index in [1.54, 1.807) is 6.07 Å². The van der Waals surface area contributed by atoms with Gasteiger partial charge in [0.2, 0.25) is 6.79 Å². The van der Waals surface area contributed by atoms with Crippen LogP contribution < -0.4 is 24.3 Å². The summed E-state index contributed by atoms with van der Waals surface area (Å²) >= 11 is 9.68. The molecule has 0 atom stereocenters. The Morgan fingerprint density at radius 1 is 1.06 bits per heavy atom. The average molecular weight is 509 g/mol. The van der Waals surface area contributed by atoms with E-state index >= 15 is 0 Å². The third kappa shape index (κ3) is 5.17. The van der Waals surface area contributed by atoms with Gasteiger partial charge in [-0.1, -0.05) is 17.7 Å². The zero-order chi connectivity index (χ0) is 21.8. The Morgan fingerprint density at radius 3 is 2.71 bits per heavy atom. The minimum atomic E-state index is -0.385. The molecule has 31 heavy (non-hydrogen) atoms. The standard InChI is InChI=1S/C23H20BrClFNO4/c1-2-28-22-8-14(11-27-17-5-6-20-21(10-17)31-13-30-20)7-18(24)23(22)29-12-15-3-4-16(26)9-19(15)25/h3-10,27H,2,11-13H2,1H3. The fraction of sp³-hybridized carbons (Fsp3) is 0.217. The summed E-state index contributed by atoms with van der Waals surface area (Å²) in [6.45, 7) is 3.40. The van der Waals surface area contributed by atoms with Crippen LogP contribution in [0.4, 0.5) is 10.1 Å². The van der Waals surface area contributed by atoms with E-state index in [9.17, 15) is 4.39 Å². The fourth-order valence-electron chi connectivity index (χ4n) is 3.13. The summed E-state index contributed by atoms with van der Waals surface area (Å²) in [6, 6.07) is 13.8. The summed E-state index contributed by atoms with van der Waals surface area (Å²) in [6.07, 6.45) is 0. The van der Waals surface area contributed by atoms with Crippen molar-refractivity contribution in [3.63, 3.8) is 0 Å². The van der Waals surface area contributed by atoms with Gasteiger partial charge in [0.1, 0.15) is 12.4 Å². The van der Waals surface area contributed by atoms with Crippen LogP contribution in [-0.4, -0.2) is 13.4 Å². The molecular formula is C23H20BrClFNO4. The first-order valence-electron chi connectivity index (χ1n) is 9.69. The van der Waals surface area contributed by atoms with Crippen LogP contribution >= 0.6 is 27.5 Å². The van der Waals surface area contributed by atoms with Crippen LogP contribution in [0.5, 0.6) is 23.0 Å². The number of fused-ring (bicyclic) bond motifs is 1. The highest BCUT2D eigenvalue weighted by Crippen LogP contribution is 2.38. The predicted octanol–water partition coefficient (Wildman–Crippen LogP) is 6.56. The quantitative estimate of drug-likeness (QED) is 0.373. The maximum atomic E-state index is 13.3. The topological polar surface area (TPSA) is 49.0 Å². The van der Waals surface area contributed by atoms with Crippen molar-refractivity contribution in [3.05, 3.63) is 75.0 Å². The number of benzene rings is 3. The molecule has 0 aliphatic carbocycles. The molecule has 0 saturated carbocycles. The van der Waals surface area contributed by atoms with Crippen LogP contribution in [0.3, 0.4) is 0 Å². The van der Waals surface area contributed by atoms with Gasteiger partial charge in [-0.15, -0.1) is 0 Å². The minimum Gasteiger partial charge on any atom is -0.490 e. The Kier molecular flexibility index (Phi) is 6.73. The summed E-state index contributed by atoms with van der Waals surface area (Å²) in [5.41, 5.74) is 2.61. The number of halogens is 3. The molecule has 0 saturated heterocycles. The van der Waals surface area contributed by atoms with Gasteiger partial charge < -0.3 is 24.3 Å². The molecule has 4 rings (SSSR count). The summed E-state index contributed by atoms with van der Waals surface area (Å²) in [7, 11) is 0. The highest BCUT2D eigenvalue weighted by molar-refractivity contribution is 9.10. The van der Waals surface area contributed by atoms with Crippen molar-refractivity contribution in [1.29, 1.82) is 0 Å². The summed E-state index contributed by atoms with van der Waals surface area (Å²) < 4.78 is 36.5. The van der Waals surface area contributed by atoms with Crippen molar-refractivity contribution in [3.8, 4) is 23.0 Å². The zero-order valence-corrected chi connectivity index (χ0v) is 19.1. The van der Waals surface area contributed by atoms with Gasteiger partial charge in [0, 0.05) is 23.9 Å². The molecule has 162 valence electrons. The summed E-state index contributed by atoms with van der Waals surface area (Å²) in [5, 5.41) is 3.69. The van der Waals surface area contributed by atoms with Crippen LogP contribution in [0, 0.1) is 5.82 Å². The lowest BCUT2D eigenvalue weighted by atomic mass is 10.2. The van der Waals surface area contributed by atoms with Crippen molar-refractivity contribution in [2.45, 2.75) is 20.1 Å². The first-order valence-corrected chi connectivity index (χ1v) is 10.9. The highest BCUT2D eigenvalue weighted by atomic mass is 79.9. The van der Waals surface area contributed by atoms with E-state index < -0.39 is 0 Å². The third-order valence-corrected chi connectivity index (χ3v) is 5.57. The lowest BCUT2D eigenvalue weighted by Crippen LogP contribution is -2.04. The number of nitrogens with one attached hydrogen (secondary N) is 1. The highest BCUT2D eigenvalue weighted by Gasteiger charge is 2.15. The van der Waals surface area contributed by atoms with Gasteiger partial charge in [0.25, 0.3) is 0 Å². The van der Waals surface area contributed by atoms with E-state index in [2.05, 4.69) is 21.2 Å². The van der Waals surface area contributed by atoms with Crippen molar-refractivity contribution in [2.75, 3.05) is 18.7 Å². The summed E-state index contributed by atoms with van der Waals surface area (Å²) in [4.78, 5) is 0. The van der Waals surface area contributed by atoms with Gasteiger partial charge in [0.15, 0.2) is 23.0 Å². The van der Waals surface area contributed by atoms with Gasteiger partial charge in [-0.2, -0.15) is 0 Å². The smallest absolute Gasteiger partial charge is 0.231 e. The fourth-order valence-corrected chi connectivity index (χ4v) is 3.95. The molecule has 0 amide bonds. The van der Waals surface area contributed by atoms with Gasteiger partial charge in [-0.05, 0) is 64.8 Å². The molecule has 8 heteroatoms. The molecule has 0 radical (unpaired) electrons. The van der Waals surface area contributed by atoms with Crippen LogP contribution in [0.2, 0.25) is 5.02 Å². The molecule has 0 aromatic heterocycles. The number of ether oxygens (including phenoxy) is 4. The van der Waals surface area contributed by atoms with Crippen LogP contribution in [-0.2, 0) is 13.2 Å². The Hall–Kier alpha value is -2.64. The van der Waals surface area contributed by atoms with Gasteiger partial charge in [-0.3, -0.25) is 0 Å². The monoisotopic (exact) mass is 507 g/mol. The largest absolute Gasteiger partial charge is 0.490 e. The maximum absolute atomic E-state index is 13.3. The van der Waals surface area contributed by atoms with Crippen LogP contribution in [0.15, 0.2) is 53.0 Å². The van der Waals surface area contributed by atoms with Crippen molar-refractivity contribution >= 4 is 33.2 Å². The molecule has 0 unspecified atom stereocenters. The molecule has 0 bridgehead atoms. The number of rotatable bonds is 8. The van der Waals surface area contributed by atoms with Gasteiger partial charge in [0.05, 0.1) is 16.1 Å². The Morgan fingerprint density at radius 2 is 1.90 bits per heavy atom. The molecule has 5 nitrogen and oxygen atoms in total. The first kappa shape index (κ1) is 21.6. The van der Waals surface area contributed by atoms with Crippen molar-refractivity contribution in [1.82, 2.24) is 0 Å². The van der Waals surface area contributed by atoms with E-state index in [0.29, 0.717) is 35.2 Å². The van der Waals surface area contributed by atoms with Crippen LogP contribution in [0.1, 0.15) is 18.1 Å². The molecule has 1 N–H and O–H groups in total. The molecule has 0 fully saturated rings. The minimum absolute atomic E-state index is 0.187. The predicted molar refractivity (Wildman–Crippen MR) is 121 cm³/mol. The van der Waals surface area contributed by atoms with E-state index in [1.165, 1.54) is 12.1 Å². The van der Waals surface area contributed by atoms with E-state index in [-0.39, 0.29) is 19.2 Å². The zero-order valence-electron chi connectivity index (χ0n) is 16.7. The van der Waals surface area contributed by atoms with Gasteiger partial charge in [-0.25, -0.2) is 4.39 Å². The molecule has 1 aliphatic rings. The molecule has 0 spiro atoms. The number of hydrogen-bond donors (Lipinski definition) is 1. The molecule has 3 aromatic rings. The Bertz CT molecular complexity index is 1100. The Labute approximate surface area is 193 Å². The first-order chi connectivity index (χ1) is 15.0. The number of anilines is 1. The Balaban J connectivity index is 1.48. The van der Waals surface area contributed by atoms with Gasteiger partial charge >= 0.3 is 0 Å². The maximum Gasteiger partial charge on any atom is 0.231 e. The van der Waals surface area contributed by atoms with E-state index in [0.717, 1.165) is 27.2 Å². The molecule has 3 aromatic carbocycles. The lowest BCUT2D eigenvalue weighted by molar-refractivity contribution is 0.174. The second-order valence-electron chi connectivity index (χ2n) is 6.78. The SMILES string of the molecule is CCOc1cc(CNc2ccc3c(c2)OCO3)cc(Br)c1OCc1ccc(F)cc1Cl. The lowest BCUT2D eigenvalue weighted by Gasteiger charge is -2.16. The normalized spacial score (nSPS) is 12.0. The average Bonchev–Trinajstić information content (AvgIpc) is 3.21. The second-order valence-corrected chi connectivity index (χ2v) is 8.05. The molecule has 1 heterocycles. The summed E-state index contributed by atoms with van der Waals surface area (Å²) in [5.74, 6) is 2.26. The van der Waals surface area contributed by atoms with Crippen LogP contribution in [0.25, 0.3) is 0 Å². The van der Waals surface area contributed by atoms with E-state index in [1.807, 2.05) is 37.3 Å². The second kappa shape index (κ2) is 9.66.